The van der Waals surface area contributed by atoms with Gasteiger partial charge in [0, 0.05) is 10.7 Å². The fourth-order valence-electron chi connectivity index (χ4n) is 1.54. The molecule has 9 heteroatoms. The monoisotopic (exact) mass is 377 g/mol. The first kappa shape index (κ1) is 15.6. The molecule has 1 aromatic heterocycles. The van der Waals surface area contributed by atoms with Gasteiger partial charge in [-0.2, -0.15) is 0 Å². The maximum absolute atomic E-state index is 13.8. The molecule has 0 fully saturated rings. The molecule has 0 aliphatic heterocycles. The van der Waals surface area contributed by atoms with Gasteiger partial charge in [0.15, 0.2) is 5.82 Å². The van der Waals surface area contributed by atoms with Crippen LogP contribution in [-0.2, 0) is 10.0 Å². The number of rotatable bonds is 3. The molecule has 0 atom stereocenters. The van der Waals surface area contributed by atoms with E-state index in [9.17, 15) is 17.2 Å². The van der Waals surface area contributed by atoms with Crippen molar-refractivity contribution in [1.82, 2.24) is 4.98 Å². The fraction of sp³-hybridized carbons (Fsp3) is 0.0833. The van der Waals surface area contributed by atoms with Gasteiger partial charge in [-0.1, -0.05) is 0 Å². The zero-order valence-electron chi connectivity index (χ0n) is 10.7. The van der Waals surface area contributed by atoms with Crippen molar-refractivity contribution < 1.29 is 17.2 Å². The van der Waals surface area contributed by atoms with Gasteiger partial charge in [-0.15, -0.1) is 0 Å². The van der Waals surface area contributed by atoms with Crippen molar-refractivity contribution in [2.75, 3.05) is 10.5 Å². The van der Waals surface area contributed by atoms with Gasteiger partial charge in [-0.05, 0) is 46.6 Å². The molecule has 1 heterocycles. The second kappa shape index (κ2) is 5.57. The number of sulfonamides is 1. The standard InChI is InChI=1S/C12H10BrF2N3O2S/c1-6-4-10(17-5-7(6)13)18-21(19,20)9-3-2-8(14)12(16)11(9)15/h2-5H,16H2,1H3,(H,17,18). The summed E-state index contributed by atoms with van der Waals surface area (Å²) in [5, 5.41) is 0. The number of hydrogen-bond donors (Lipinski definition) is 2. The number of aryl methyl sites for hydroxylation is 1. The highest BCUT2D eigenvalue weighted by molar-refractivity contribution is 9.10. The number of nitrogens with one attached hydrogen (secondary N) is 1. The number of nitrogens with two attached hydrogens (primary N) is 1. The van der Waals surface area contributed by atoms with E-state index in [1.54, 1.807) is 6.92 Å². The molecule has 2 rings (SSSR count). The molecule has 2 aromatic rings. The van der Waals surface area contributed by atoms with Gasteiger partial charge in [0.1, 0.15) is 22.2 Å². The first-order valence-corrected chi connectivity index (χ1v) is 7.88. The van der Waals surface area contributed by atoms with Gasteiger partial charge in [-0.3, -0.25) is 4.72 Å². The van der Waals surface area contributed by atoms with Crippen LogP contribution in [0, 0.1) is 18.6 Å². The van der Waals surface area contributed by atoms with Crippen LogP contribution in [0.3, 0.4) is 0 Å². The van der Waals surface area contributed by atoms with Crippen LogP contribution in [0.1, 0.15) is 5.56 Å². The minimum Gasteiger partial charge on any atom is -0.394 e. The summed E-state index contributed by atoms with van der Waals surface area (Å²) in [6, 6.07) is 3.05. The Morgan fingerprint density at radius 3 is 2.62 bits per heavy atom. The van der Waals surface area contributed by atoms with Crippen LogP contribution < -0.4 is 10.5 Å². The Morgan fingerprint density at radius 2 is 2.00 bits per heavy atom. The molecule has 0 saturated carbocycles. The number of nitrogen functional groups attached to an aromatic ring is 1. The molecule has 0 aliphatic rings. The van der Waals surface area contributed by atoms with E-state index in [2.05, 4.69) is 25.6 Å². The van der Waals surface area contributed by atoms with Crippen LogP contribution in [0.5, 0.6) is 0 Å². The highest BCUT2D eigenvalue weighted by atomic mass is 79.9. The topological polar surface area (TPSA) is 85.1 Å². The summed E-state index contributed by atoms with van der Waals surface area (Å²) in [6.07, 6.45) is 1.41. The van der Waals surface area contributed by atoms with E-state index < -0.39 is 32.2 Å². The van der Waals surface area contributed by atoms with Crippen molar-refractivity contribution in [2.45, 2.75) is 11.8 Å². The van der Waals surface area contributed by atoms with Gasteiger partial charge in [-0.25, -0.2) is 22.2 Å². The second-order valence-electron chi connectivity index (χ2n) is 4.20. The number of halogens is 3. The lowest BCUT2D eigenvalue weighted by molar-refractivity contribution is 0.557. The van der Waals surface area contributed by atoms with E-state index in [1.807, 2.05) is 0 Å². The SMILES string of the molecule is Cc1cc(NS(=O)(=O)c2ccc(F)c(N)c2F)ncc1Br. The van der Waals surface area contributed by atoms with Crippen LogP contribution in [-0.4, -0.2) is 13.4 Å². The van der Waals surface area contributed by atoms with Gasteiger partial charge in [0.2, 0.25) is 0 Å². The summed E-state index contributed by atoms with van der Waals surface area (Å²) in [6.45, 7) is 1.74. The Balaban J connectivity index is 2.43. The van der Waals surface area contributed by atoms with Crippen molar-refractivity contribution >= 4 is 37.5 Å². The summed E-state index contributed by atoms with van der Waals surface area (Å²) in [5.41, 5.74) is 5.04. The van der Waals surface area contributed by atoms with E-state index in [-0.39, 0.29) is 5.82 Å². The molecular weight excluding hydrogens is 368 g/mol. The number of hydrogen-bond acceptors (Lipinski definition) is 4. The third-order valence-electron chi connectivity index (χ3n) is 2.67. The largest absolute Gasteiger partial charge is 0.394 e. The highest BCUT2D eigenvalue weighted by Gasteiger charge is 2.23. The molecule has 0 unspecified atom stereocenters. The van der Waals surface area contributed by atoms with E-state index in [0.717, 1.165) is 17.7 Å². The van der Waals surface area contributed by atoms with Gasteiger partial charge in [0.05, 0.1) is 0 Å². The lowest BCUT2D eigenvalue weighted by Gasteiger charge is -2.10. The predicted octanol–water partition coefficient (Wildman–Crippen LogP) is 2.81. The quantitative estimate of drug-likeness (QED) is 0.805. The van der Waals surface area contributed by atoms with Gasteiger partial charge >= 0.3 is 0 Å². The summed E-state index contributed by atoms with van der Waals surface area (Å²) in [7, 11) is -4.26. The number of nitrogens with zero attached hydrogens (tertiary/aromatic N) is 1. The lowest BCUT2D eigenvalue weighted by atomic mass is 10.3. The van der Waals surface area contributed by atoms with Crippen molar-refractivity contribution in [3.63, 3.8) is 0 Å². The summed E-state index contributed by atoms with van der Waals surface area (Å²) >= 11 is 3.23. The Morgan fingerprint density at radius 1 is 1.33 bits per heavy atom. The number of anilines is 2. The van der Waals surface area contributed by atoms with Crippen LogP contribution in [0.15, 0.2) is 33.8 Å². The van der Waals surface area contributed by atoms with Crippen molar-refractivity contribution in [3.8, 4) is 0 Å². The summed E-state index contributed by atoms with van der Waals surface area (Å²) < 4.78 is 53.9. The van der Waals surface area contributed by atoms with Crippen LogP contribution in [0.4, 0.5) is 20.3 Å². The first-order chi connectivity index (χ1) is 9.72. The minimum atomic E-state index is -4.26. The molecule has 0 amide bonds. The highest BCUT2D eigenvalue weighted by Crippen LogP contribution is 2.25. The molecule has 1 aromatic carbocycles. The summed E-state index contributed by atoms with van der Waals surface area (Å²) in [4.78, 5) is 3.11. The van der Waals surface area contributed by atoms with Gasteiger partial charge < -0.3 is 5.73 Å². The molecule has 0 saturated heterocycles. The molecule has 3 N–H and O–H groups in total. The second-order valence-corrected chi connectivity index (χ2v) is 6.70. The van der Waals surface area contributed by atoms with E-state index in [1.165, 1.54) is 12.3 Å². The smallest absolute Gasteiger partial charge is 0.266 e. The zero-order chi connectivity index (χ0) is 15.8. The maximum Gasteiger partial charge on any atom is 0.266 e. The number of aromatic nitrogens is 1. The van der Waals surface area contributed by atoms with E-state index >= 15 is 0 Å². The predicted molar refractivity (Wildman–Crippen MR) is 78.3 cm³/mol. The Hall–Kier alpha value is -1.74. The molecule has 112 valence electrons. The fourth-order valence-corrected chi connectivity index (χ4v) is 2.85. The minimum absolute atomic E-state index is 0.0120. The summed E-state index contributed by atoms with van der Waals surface area (Å²) in [5.74, 6) is -2.35. The third-order valence-corrected chi connectivity index (χ3v) is 4.87. The van der Waals surface area contributed by atoms with Crippen LogP contribution in [0.25, 0.3) is 0 Å². The maximum atomic E-state index is 13.8. The molecule has 0 aliphatic carbocycles. The number of benzene rings is 1. The zero-order valence-corrected chi connectivity index (χ0v) is 13.1. The van der Waals surface area contributed by atoms with E-state index in [0.29, 0.717) is 4.47 Å². The van der Waals surface area contributed by atoms with Crippen LogP contribution >= 0.6 is 15.9 Å². The van der Waals surface area contributed by atoms with Crippen molar-refractivity contribution in [1.29, 1.82) is 0 Å². The lowest BCUT2D eigenvalue weighted by Crippen LogP contribution is -2.16. The molecule has 21 heavy (non-hydrogen) atoms. The van der Waals surface area contributed by atoms with Crippen LogP contribution in [0.2, 0.25) is 0 Å². The molecule has 0 radical (unpaired) electrons. The van der Waals surface area contributed by atoms with Gasteiger partial charge in [0.25, 0.3) is 10.0 Å². The Labute approximate surface area is 128 Å². The van der Waals surface area contributed by atoms with Crippen molar-refractivity contribution in [3.05, 3.63) is 46.1 Å². The average molecular weight is 378 g/mol. The Kier molecular flexibility index (Phi) is 4.15. The number of pyridine rings is 1. The van der Waals surface area contributed by atoms with Crippen molar-refractivity contribution in [2.24, 2.45) is 0 Å². The molecule has 0 spiro atoms. The Bertz CT molecular complexity index is 812. The molecular formula is C12H10BrF2N3O2S. The molecule has 0 bridgehead atoms. The first-order valence-electron chi connectivity index (χ1n) is 5.61. The normalized spacial score (nSPS) is 11.4. The third kappa shape index (κ3) is 3.13. The average Bonchev–Trinajstić information content (AvgIpc) is 2.39. The molecule has 5 nitrogen and oxygen atoms in total. The van der Waals surface area contributed by atoms with E-state index in [4.69, 9.17) is 5.73 Å².